The second kappa shape index (κ2) is 2.49. The third kappa shape index (κ3) is 1.14. The zero-order chi connectivity index (χ0) is 7.56. The highest BCUT2D eigenvalue weighted by molar-refractivity contribution is 5.91. The topological polar surface area (TPSA) is 81.2 Å². The molecular weight excluding hydrogens is 134 g/mol. The van der Waals surface area contributed by atoms with Gasteiger partial charge in [0.15, 0.2) is 5.69 Å². The van der Waals surface area contributed by atoms with Gasteiger partial charge in [-0.3, -0.25) is 10.2 Å². The molecule has 1 rings (SSSR count). The van der Waals surface area contributed by atoms with Crippen LogP contribution >= 0.6 is 0 Å². The van der Waals surface area contributed by atoms with Crippen molar-refractivity contribution in [1.29, 1.82) is 0 Å². The first-order valence-electron chi connectivity index (χ1n) is 2.68. The van der Waals surface area contributed by atoms with E-state index in [2.05, 4.69) is 9.68 Å². The molecule has 10 heavy (non-hydrogen) atoms. The number of rotatable bonds is 1. The molecule has 0 fully saturated rings. The first kappa shape index (κ1) is 6.76. The fraction of sp³-hybridized carbons (Fsp3) is 0.200. The predicted octanol–water partition coefficient (Wildman–Crippen LogP) is -0.413. The van der Waals surface area contributed by atoms with Gasteiger partial charge >= 0.3 is 0 Å². The standard InChI is InChI=1S/C5H7N3O2/c1-3-2-4(8-10-3)5(9)7-6/h2H,6H2,1H3,(H,7,9). The molecule has 0 aliphatic rings. The number of nitrogens with two attached hydrogens (primary N) is 1. The van der Waals surface area contributed by atoms with E-state index in [1.54, 1.807) is 6.92 Å². The number of hydrogen-bond acceptors (Lipinski definition) is 4. The van der Waals surface area contributed by atoms with Crippen LogP contribution in [0.1, 0.15) is 16.2 Å². The Kier molecular flexibility index (Phi) is 1.68. The highest BCUT2D eigenvalue weighted by atomic mass is 16.5. The molecule has 54 valence electrons. The van der Waals surface area contributed by atoms with Crippen molar-refractivity contribution in [3.05, 3.63) is 17.5 Å². The Morgan fingerprint density at radius 2 is 2.60 bits per heavy atom. The lowest BCUT2D eigenvalue weighted by Crippen LogP contribution is -2.30. The number of aryl methyl sites for hydroxylation is 1. The summed E-state index contributed by atoms with van der Waals surface area (Å²) >= 11 is 0. The molecule has 1 amide bonds. The Labute approximate surface area is 57.1 Å². The number of carbonyl (C=O) groups is 1. The van der Waals surface area contributed by atoms with Crippen molar-refractivity contribution in [3.8, 4) is 0 Å². The lowest BCUT2D eigenvalue weighted by Gasteiger charge is -1.88. The van der Waals surface area contributed by atoms with E-state index < -0.39 is 5.91 Å². The number of carbonyl (C=O) groups excluding carboxylic acids is 1. The summed E-state index contributed by atoms with van der Waals surface area (Å²) in [5.74, 6) is 4.97. The Balaban J connectivity index is 2.85. The van der Waals surface area contributed by atoms with E-state index in [4.69, 9.17) is 5.84 Å². The average Bonchev–Trinajstić information content (AvgIpc) is 2.34. The van der Waals surface area contributed by atoms with Crippen LogP contribution in [0.5, 0.6) is 0 Å². The van der Waals surface area contributed by atoms with Gasteiger partial charge in [0.05, 0.1) is 0 Å². The molecule has 1 aromatic rings. The molecule has 1 aromatic heterocycles. The maximum absolute atomic E-state index is 10.7. The Morgan fingerprint density at radius 1 is 1.90 bits per heavy atom. The van der Waals surface area contributed by atoms with Crippen LogP contribution in [0.3, 0.4) is 0 Å². The largest absolute Gasteiger partial charge is 0.361 e. The molecule has 0 saturated heterocycles. The van der Waals surface area contributed by atoms with E-state index in [1.165, 1.54) is 6.07 Å². The maximum Gasteiger partial charge on any atom is 0.287 e. The van der Waals surface area contributed by atoms with E-state index in [0.29, 0.717) is 5.76 Å². The number of nitrogen functional groups attached to an aromatic ring is 1. The molecule has 0 spiro atoms. The number of amides is 1. The van der Waals surface area contributed by atoms with Gasteiger partial charge in [-0.25, -0.2) is 5.84 Å². The van der Waals surface area contributed by atoms with Gasteiger partial charge in [0, 0.05) is 6.07 Å². The highest BCUT2D eigenvalue weighted by Gasteiger charge is 2.07. The quantitative estimate of drug-likeness (QED) is 0.316. The lowest BCUT2D eigenvalue weighted by molar-refractivity contribution is 0.0944. The van der Waals surface area contributed by atoms with Crippen LogP contribution < -0.4 is 11.3 Å². The van der Waals surface area contributed by atoms with Crippen LogP contribution in [0.2, 0.25) is 0 Å². The smallest absolute Gasteiger partial charge is 0.287 e. The monoisotopic (exact) mass is 141 g/mol. The number of hydrazine groups is 1. The summed E-state index contributed by atoms with van der Waals surface area (Å²) in [5.41, 5.74) is 2.13. The third-order valence-electron chi connectivity index (χ3n) is 0.992. The molecule has 5 nitrogen and oxygen atoms in total. The summed E-state index contributed by atoms with van der Waals surface area (Å²) in [6, 6.07) is 1.50. The fourth-order valence-corrected chi connectivity index (χ4v) is 0.547. The van der Waals surface area contributed by atoms with Gasteiger partial charge in [0.25, 0.3) is 5.91 Å². The summed E-state index contributed by atoms with van der Waals surface area (Å²) in [6.45, 7) is 1.69. The zero-order valence-electron chi connectivity index (χ0n) is 5.42. The van der Waals surface area contributed by atoms with Crippen molar-refractivity contribution in [2.45, 2.75) is 6.92 Å². The minimum atomic E-state index is -0.447. The average molecular weight is 141 g/mol. The van der Waals surface area contributed by atoms with Crippen molar-refractivity contribution in [1.82, 2.24) is 10.6 Å². The molecule has 0 aliphatic heterocycles. The molecule has 0 unspecified atom stereocenters. The summed E-state index contributed by atoms with van der Waals surface area (Å²) in [6.07, 6.45) is 0. The SMILES string of the molecule is Cc1cc(C(=O)NN)no1. The summed E-state index contributed by atoms with van der Waals surface area (Å²) in [5, 5.41) is 3.42. The fourth-order valence-electron chi connectivity index (χ4n) is 0.547. The molecule has 0 atom stereocenters. The van der Waals surface area contributed by atoms with Gasteiger partial charge in [-0.2, -0.15) is 0 Å². The molecule has 0 saturated carbocycles. The molecule has 3 N–H and O–H groups in total. The second-order valence-corrected chi connectivity index (χ2v) is 1.80. The summed E-state index contributed by atoms with van der Waals surface area (Å²) in [4.78, 5) is 10.7. The van der Waals surface area contributed by atoms with Crippen LogP contribution in [0, 0.1) is 6.92 Å². The summed E-state index contributed by atoms with van der Waals surface area (Å²) in [7, 11) is 0. The molecule has 0 bridgehead atoms. The molecular formula is C5H7N3O2. The van der Waals surface area contributed by atoms with E-state index in [9.17, 15) is 4.79 Å². The van der Waals surface area contributed by atoms with Crippen LogP contribution in [0.25, 0.3) is 0 Å². The molecule has 0 aromatic carbocycles. The van der Waals surface area contributed by atoms with Gasteiger partial charge in [0.2, 0.25) is 0 Å². The van der Waals surface area contributed by atoms with Crippen molar-refractivity contribution < 1.29 is 9.32 Å². The minimum Gasteiger partial charge on any atom is -0.361 e. The first-order valence-corrected chi connectivity index (χ1v) is 2.68. The van der Waals surface area contributed by atoms with Crippen molar-refractivity contribution >= 4 is 5.91 Å². The predicted molar refractivity (Wildman–Crippen MR) is 32.9 cm³/mol. The van der Waals surface area contributed by atoms with Crippen LogP contribution in [-0.2, 0) is 0 Å². The van der Waals surface area contributed by atoms with Crippen molar-refractivity contribution in [3.63, 3.8) is 0 Å². The van der Waals surface area contributed by atoms with Crippen molar-refractivity contribution in [2.24, 2.45) is 5.84 Å². The van der Waals surface area contributed by atoms with E-state index in [0.717, 1.165) is 0 Å². The number of hydrogen-bond donors (Lipinski definition) is 2. The van der Waals surface area contributed by atoms with Gasteiger partial charge in [-0.1, -0.05) is 5.16 Å². The number of nitrogens with one attached hydrogen (secondary N) is 1. The van der Waals surface area contributed by atoms with Crippen LogP contribution in [0.15, 0.2) is 10.6 Å². The Morgan fingerprint density at radius 3 is 3.00 bits per heavy atom. The van der Waals surface area contributed by atoms with E-state index in [1.807, 2.05) is 5.43 Å². The lowest BCUT2D eigenvalue weighted by atomic mass is 10.4. The third-order valence-corrected chi connectivity index (χ3v) is 0.992. The first-order chi connectivity index (χ1) is 4.74. The molecule has 0 radical (unpaired) electrons. The van der Waals surface area contributed by atoms with Gasteiger partial charge in [0.1, 0.15) is 5.76 Å². The maximum atomic E-state index is 10.7. The molecule has 1 heterocycles. The van der Waals surface area contributed by atoms with Gasteiger partial charge in [-0.05, 0) is 6.92 Å². The minimum absolute atomic E-state index is 0.194. The zero-order valence-corrected chi connectivity index (χ0v) is 5.42. The second-order valence-electron chi connectivity index (χ2n) is 1.80. The van der Waals surface area contributed by atoms with Gasteiger partial charge in [-0.15, -0.1) is 0 Å². The number of aromatic nitrogens is 1. The highest BCUT2D eigenvalue weighted by Crippen LogP contribution is 1.99. The van der Waals surface area contributed by atoms with Crippen LogP contribution in [-0.4, -0.2) is 11.1 Å². The molecule has 5 heteroatoms. The van der Waals surface area contributed by atoms with Crippen LogP contribution in [0.4, 0.5) is 0 Å². The van der Waals surface area contributed by atoms with Crippen molar-refractivity contribution in [2.75, 3.05) is 0 Å². The van der Waals surface area contributed by atoms with E-state index in [-0.39, 0.29) is 5.69 Å². The molecule has 0 aliphatic carbocycles. The Bertz CT molecular complexity index is 243. The summed E-state index contributed by atoms with van der Waals surface area (Å²) < 4.78 is 4.62. The Hall–Kier alpha value is -1.36. The van der Waals surface area contributed by atoms with E-state index >= 15 is 0 Å². The number of nitrogens with zero attached hydrogens (tertiary/aromatic N) is 1. The normalized spacial score (nSPS) is 9.40. The van der Waals surface area contributed by atoms with Gasteiger partial charge < -0.3 is 4.52 Å².